The molecular formula is C11H12Cl2N2. The highest BCUT2D eigenvalue weighted by Crippen LogP contribution is 2.39. The first-order chi connectivity index (χ1) is 6.79. The molecule has 15 heavy (non-hydrogen) atoms. The van der Waals surface area contributed by atoms with Crippen molar-refractivity contribution in [3.05, 3.63) is 27.2 Å². The normalized spacial score (nSPS) is 11.2. The van der Waals surface area contributed by atoms with Gasteiger partial charge in [-0.1, -0.05) is 44.0 Å². The van der Waals surface area contributed by atoms with Crippen LogP contribution in [0.5, 0.6) is 0 Å². The number of nitrogen functional groups attached to an aromatic ring is 1. The number of anilines is 1. The van der Waals surface area contributed by atoms with E-state index in [1.165, 1.54) is 6.07 Å². The Hall–Kier alpha value is -0.910. The highest BCUT2D eigenvalue weighted by atomic mass is 35.5. The molecule has 0 amide bonds. The second-order valence-corrected chi connectivity index (χ2v) is 5.16. The number of rotatable bonds is 0. The molecule has 1 aromatic rings. The molecule has 0 saturated heterocycles. The lowest BCUT2D eigenvalue weighted by Gasteiger charge is -2.23. The van der Waals surface area contributed by atoms with E-state index in [9.17, 15) is 0 Å². The van der Waals surface area contributed by atoms with Crippen molar-refractivity contribution in [2.45, 2.75) is 26.2 Å². The minimum absolute atomic E-state index is 0.263. The van der Waals surface area contributed by atoms with Gasteiger partial charge in [-0.3, -0.25) is 0 Å². The summed E-state index contributed by atoms with van der Waals surface area (Å²) in [5, 5.41) is 9.82. The van der Waals surface area contributed by atoms with Gasteiger partial charge >= 0.3 is 0 Å². The van der Waals surface area contributed by atoms with Crippen LogP contribution in [0, 0.1) is 11.3 Å². The van der Waals surface area contributed by atoms with Gasteiger partial charge in [-0.25, -0.2) is 0 Å². The van der Waals surface area contributed by atoms with E-state index in [0.717, 1.165) is 0 Å². The molecule has 0 bridgehead atoms. The summed E-state index contributed by atoms with van der Waals surface area (Å²) in [6.45, 7) is 5.89. The zero-order valence-corrected chi connectivity index (χ0v) is 10.4. The fraction of sp³-hybridized carbons (Fsp3) is 0.364. The molecule has 0 aliphatic carbocycles. The van der Waals surface area contributed by atoms with Crippen molar-refractivity contribution in [2.75, 3.05) is 5.73 Å². The molecule has 0 aliphatic rings. The first-order valence-corrected chi connectivity index (χ1v) is 5.22. The molecule has 2 N–H and O–H groups in total. The summed E-state index contributed by atoms with van der Waals surface area (Å²) in [6.07, 6.45) is 0. The Kier molecular flexibility index (Phi) is 3.18. The summed E-state index contributed by atoms with van der Waals surface area (Å²) in [5.74, 6) is 0. The van der Waals surface area contributed by atoms with E-state index in [4.69, 9.17) is 34.2 Å². The van der Waals surface area contributed by atoms with E-state index in [1.54, 1.807) is 0 Å². The fourth-order valence-electron chi connectivity index (χ4n) is 1.46. The SMILES string of the molecule is CC(C)(C)c1c(Cl)c(N)cc(Cl)c1C#N. The van der Waals surface area contributed by atoms with Gasteiger partial charge in [0.15, 0.2) is 0 Å². The van der Waals surface area contributed by atoms with Gasteiger partial charge in [0.05, 0.1) is 21.3 Å². The molecule has 0 aliphatic heterocycles. The van der Waals surface area contributed by atoms with Gasteiger partial charge in [0.25, 0.3) is 0 Å². The molecule has 0 fully saturated rings. The maximum atomic E-state index is 9.04. The van der Waals surface area contributed by atoms with E-state index >= 15 is 0 Å². The maximum Gasteiger partial charge on any atom is 0.101 e. The van der Waals surface area contributed by atoms with Crippen LogP contribution >= 0.6 is 23.2 Å². The van der Waals surface area contributed by atoms with Crippen LogP contribution in [0.4, 0.5) is 5.69 Å². The molecule has 0 radical (unpaired) electrons. The second-order valence-electron chi connectivity index (χ2n) is 4.37. The molecule has 0 aromatic heterocycles. The number of hydrogen-bond acceptors (Lipinski definition) is 2. The van der Waals surface area contributed by atoms with Crippen molar-refractivity contribution < 1.29 is 0 Å². The zero-order valence-electron chi connectivity index (χ0n) is 8.86. The summed E-state index contributed by atoms with van der Waals surface area (Å²) >= 11 is 12.1. The van der Waals surface area contributed by atoms with Crippen LogP contribution < -0.4 is 5.73 Å². The molecular weight excluding hydrogens is 231 g/mol. The van der Waals surface area contributed by atoms with Crippen LogP contribution in [-0.4, -0.2) is 0 Å². The Labute approximate surface area is 99.6 Å². The topological polar surface area (TPSA) is 49.8 Å². The molecule has 4 heteroatoms. The van der Waals surface area contributed by atoms with Crippen molar-refractivity contribution in [2.24, 2.45) is 0 Å². The third kappa shape index (κ3) is 2.19. The molecule has 1 rings (SSSR count). The fourth-order valence-corrected chi connectivity index (χ4v) is 2.15. The van der Waals surface area contributed by atoms with Gasteiger partial charge in [0.1, 0.15) is 6.07 Å². The Morgan fingerprint density at radius 2 is 1.87 bits per heavy atom. The third-order valence-corrected chi connectivity index (χ3v) is 2.81. The maximum absolute atomic E-state index is 9.04. The van der Waals surface area contributed by atoms with E-state index in [1.807, 2.05) is 20.8 Å². The number of halogens is 2. The van der Waals surface area contributed by atoms with Gasteiger partial charge in [-0.15, -0.1) is 0 Å². The minimum atomic E-state index is -0.263. The Morgan fingerprint density at radius 1 is 1.33 bits per heavy atom. The smallest absolute Gasteiger partial charge is 0.101 e. The predicted octanol–water partition coefficient (Wildman–Crippen LogP) is 3.74. The number of benzene rings is 1. The molecule has 0 atom stereocenters. The molecule has 0 saturated carbocycles. The monoisotopic (exact) mass is 242 g/mol. The van der Waals surface area contributed by atoms with Crippen LogP contribution in [0.15, 0.2) is 6.07 Å². The number of nitrogens with zero attached hydrogens (tertiary/aromatic N) is 1. The first-order valence-electron chi connectivity index (χ1n) is 4.47. The Bertz CT molecular complexity index is 439. The van der Waals surface area contributed by atoms with Gasteiger partial charge in [-0.2, -0.15) is 5.26 Å². The molecule has 1 aromatic carbocycles. The van der Waals surface area contributed by atoms with Crippen LogP contribution in [0.25, 0.3) is 0 Å². The molecule has 0 unspecified atom stereocenters. The summed E-state index contributed by atoms with van der Waals surface area (Å²) < 4.78 is 0. The third-order valence-electron chi connectivity index (χ3n) is 2.11. The molecule has 0 spiro atoms. The van der Waals surface area contributed by atoms with Crippen molar-refractivity contribution in [1.29, 1.82) is 5.26 Å². The van der Waals surface area contributed by atoms with Crippen molar-refractivity contribution in [3.8, 4) is 6.07 Å². The highest BCUT2D eigenvalue weighted by molar-refractivity contribution is 6.36. The van der Waals surface area contributed by atoms with Gasteiger partial charge in [0.2, 0.25) is 0 Å². The first kappa shape index (κ1) is 12.2. The standard InChI is InChI=1S/C11H12Cl2N2/c1-11(2,3)9-6(5-14)7(12)4-8(15)10(9)13/h4H,15H2,1-3H3. The largest absolute Gasteiger partial charge is 0.397 e. The summed E-state index contributed by atoms with van der Waals surface area (Å²) in [5.41, 5.74) is 6.97. The predicted molar refractivity (Wildman–Crippen MR) is 64.3 cm³/mol. The van der Waals surface area contributed by atoms with Crippen molar-refractivity contribution in [1.82, 2.24) is 0 Å². The molecule has 80 valence electrons. The second kappa shape index (κ2) is 3.92. The van der Waals surface area contributed by atoms with Gasteiger partial charge in [-0.05, 0) is 17.0 Å². The number of nitriles is 1. The Balaban J connectivity index is 3.68. The lowest BCUT2D eigenvalue weighted by Crippen LogP contribution is -2.15. The van der Waals surface area contributed by atoms with Crippen LogP contribution in [0.1, 0.15) is 31.9 Å². The van der Waals surface area contributed by atoms with E-state index < -0.39 is 0 Å². The zero-order chi connectivity index (χ0) is 11.8. The summed E-state index contributed by atoms with van der Waals surface area (Å²) in [6, 6.07) is 3.58. The average molecular weight is 243 g/mol. The summed E-state index contributed by atoms with van der Waals surface area (Å²) in [7, 11) is 0. The highest BCUT2D eigenvalue weighted by Gasteiger charge is 2.25. The Morgan fingerprint density at radius 3 is 2.27 bits per heavy atom. The van der Waals surface area contributed by atoms with E-state index in [0.29, 0.717) is 26.9 Å². The molecule has 0 heterocycles. The average Bonchev–Trinajstić information content (AvgIpc) is 2.08. The quantitative estimate of drug-likeness (QED) is 0.705. The van der Waals surface area contributed by atoms with Crippen molar-refractivity contribution in [3.63, 3.8) is 0 Å². The van der Waals surface area contributed by atoms with Crippen LogP contribution in [-0.2, 0) is 5.41 Å². The van der Waals surface area contributed by atoms with Crippen LogP contribution in [0.3, 0.4) is 0 Å². The lowest BCUT2D eigenvalue weighted by atomic mass is 9.83. The van der Waals surface area contributed by atoms with Gasteiger partial charge < -0.3 is 5.73 Å². The van der Waals surface area contributed by atoms with Crippen molar-refractivity contribution >= 4 is 28.9 Å². The lowest BCUT2D eigenvalue weighted by molar-refractivity contribution is 0.589. The van der Waals surface area contributed by atoms with E-state index in [2.05, 4.69) is 6.07 Å². The number of nitrogens with two attached hydrogens (primary N) is 1. The molecule has 2 nitrogen and oxygen atoms in total. The van der Waals surface area contributed by atoms with Crippen LogP contribution in [0.2, 0.25) is 10.0 Å². The minimum Gasteiger partial charge on any atom is -0.397 e. The van der Waals surface area contributed by atoms with Gasteiger partial charge in [0, 0.05) is 0 Å². The summed E-state index contributed by atoms with van der Waals surface area (Å²) in [4.78, 5) is 0. The van der Waals surface area contributed by atoms with E-state index in [-0.39, 0.29) is 5.41 Å². The number of hydrogen-bond donors (Lipinski definition) is 1.